The zero-order valence-corrected chi connectivity index (χ0v) is 25.4. The highest BCUT2D eigenvalue weighted by molar-refractivity contribution is 7.14. The molecule has 0 radical (unpaired) electrons. The topological polar surface area (TPSA) is 92.2 Å². The number of aromatic nitrogens is 1. The molecule has 6 rings (SSSR count). The van der Waals surface area contributed by atoms with Crippen LogP contribution >= 0.6 is 11.3 Å². The van der Waals surface area contributed by atoms with Gasteiger partial charge in [0.15, 0.2) is 5.13 Å². The summed E-state index contributed by atoms with van der Waals surface area (Å²) in [5.41, 5.74) is 5.69. The molecule has 1 aromatic heterocycles. The number of thiazole rings is 1. The number of hydrogen-bond acceptors (Lipinski definition) is 7. The molecule has 2 saturated heterocycles. The number of piperidine rings is 2. The first-order valence-electron chi connectivity index (χ1n) is 14.9. The van der Waals surface area contributed by atoms with E-state index in [4.69, 9.17) is 14.5 Å². The number of carboxylic acid groups (broad SMARTS) is 1. The van der Waals surface area contributed by atoms with Gasteiger partial charge in [0.25, 0.3) is 5.91 Å². The van der Waals surface area contributed by atoms with Crippen LogP contribution in [0.1, 0.15) is 52.7 Å². The molecule has 1 amide bonds. The number of aliphatic carboxylic acids is 1. The van der Waals surface area contributed by atoms with Crippen LogP contribution in [-0.4, -0.2) is 66.3 Å². The summed E-state index contributed by atoms with van der Waals surface area (Å²) in [4.78, 5) is 34.1. The number of nitrogens with zero attached hydrogens (tertiary/aromatic N) is 3. The Labute approximate surface area is 251 Å². The number of anilines is 1. The quantitative estimate of drug-likeness (QED) is 0.355. The average Bonchev–Trinajstić information content (AvgIpc) is 3.59. The van der Waals surface area contributed by atoms with E-state index >= 15 is 0 Å². The summed E-state index contributed by atoms with van der Waals surface area (Å²) in [6, 6.07) is 12.0. The summed E-state index contributed by atoms with van der Waals surface area (Å²) in [6.07, 6.45) is 4.01. The molecule has 3 aliphatic rings. The van der Waals surface area contributed by atoms with Crippen molar-refractivity contribution in [2.75, 3.05) is 38.2 Å². The lowest BCUT2D eigenvalue weighted by molar-refractivity contribution is -0.144. The fraction of sp³-hybridized carbons (Fsp3) is 0.485. The Bertz CT molecular complexity index is 1460. The molecule has 2 bridgehead atoms. The minimum Gasteiger partial charge on any atom is -0.488 e. The summed E-state index contributed by atoms with van der Waals surface area (Å²) in [7, 11) is 1.71. The lowest BCUT2D eigenvalue weighted by atomic mass is 9.85. The van der Waals surface area contributed by atoms with Crippen LogP contribution in [0.3, 0.4) is 0 Å². The van der Waals surface area contributed by atoms with Crippen molar-refractivity contribution >= 4 is 28.3 Å². The molecular formula is C33H39N3O5S. The predicted octanol–water partition coefficient (Wildman–Crippen LogP) is 5.80. The van der Waals surface area contributed by atoms with E-state index in [2.05, 4.69) is 23.3 Å². The highest BCUT2D eigenvalue weighted by atomic mass is 32.1. The van der Waals surface area contributed by atoms with Crippen LogP contribution < -0.4 is 9.64 Å². The maximum absolute atomic E-state index is 13.1. The number of hydrogen-bond donors (Lipinski definition) is 1. The van der Waals surface area contributed by atoms with E-state index in [1.165, 1.54) is 0 Å². The number of carbonyl (C=O) groups excluding carboxylic acids is 1. The Balaban J connectivity index is 1.15. The third kappa shape index (κ3) is 5.77. The summed E-state index contributed by atoms with van der Waals surface area (Å²) in [5.74, 6) is 0.327. The number of rotatable bonds is 8. The highest BCUT2D eigenvalue weighted by Gasteiger charge is 2.46. The van der Waals surface area contributed by atoms with Crippen LogP contribution in [0.4, 0.5) is 5.13 Å². The van der Waals surface area contributed by atoms with Gasteiger partial charge in [0, 0.05) is 49.8 Å². The molecule has 2 aliphatic heterocycles. The van der Waals surface area contributed by atoms with Gasteiger partial charge in [-0.05, 0) is 86.8 Å². The first kappa shape index (κ1) is 28.7. The van der Waals surface area contributed by atoms with E-state index in [1.54, 1.807) is 18.4 Å². The Hall–Kier alpha value is -3.43. The number of likely N-dealkylation sites (tertiary alicyclic amines) is 1. The zero-order valence-electron chi connectivity index (χ0n) is 24.5. The molecule has 3 fully saturated rings. The van der Waals surface area contributed by atoms with Gasteiger partial charge in [0.1, 0.15) is 12.4 Å². The minimum absolute atomic E-state index is 0.0488. The molecule has 3 aromatic rings. The standard InChI is InChI=1S/C33H39N3O5S/c1-20-6-11-29(41-18-25-10-7-22(14-21(25)2)31(37)35-12-4-5-26(17-35)40-3)27(13-20)28-19-42-33(34-28)36-15-23-8-9-24(16-36)30(23)32(38)39/h6-7,10-11,13-14,19,23-24,26,30H,4-5,8-9,12,15-18H2,1-3H3,(H,38,39)/t23-,24+,26?,30+. The molecule has 9 heteroatoms. The lowest BCUT2D eigenvalue weighted by Crippen LogP contribution is -2.44. The Kier molecular flexibility index (Phi) is 8.23. The summed E-state index contributed by atoms with van der Waals surface area (Å²) >= 11 is 1.61. The maximum atomic E-state index is 13.1. The van der Waals surface area contributed by atoms with Gasteiger partial charge in [0.2, 0.25) is 0 Å². The van der Waals surface area contributed by atoms with Gasteiger partial charge >= 0.3 is 5.97 Å². The fourth-order valence-electron chi connectivity index (χ4n) is 6.93. The van der Waals surface area contributed by atoms with E-state index in [0.717, 1.165) is 84.1 Å². The minimum atomic E-state index is -0.651. The van der Waals surface area contributed by atoms with Crippen molar-refractivity contribution in [2.24, 2.45) is 17.8 Å². The van der Waals surface area contributed by atoms with E-state index in [1.807, 2.05) is 42.2 Å². The molecule has 1 N–H and O–H groups in total. The third-order valence-corrected chi connectivity index (χ3v) is 10.2. The predicted molar refractivity (Wildman–Crippen MR) is 163 cm³/mol. The second kappa shape index (κ2) is 12.1. The molecule has 1 unspecified atom stereocenters. The summed E-state index contributed by atoms with van der Waals surface area (Å²) in [5, 5.41) is 12.7. The molecule has 2 aromatic carbocycles. The van der Waals surface area contributed by atoms with Crippen LogP contribution in [0.15, 0.2) is 41.8 Å². The third-order valence-electron chi connectivity index (χ3n) is 9.26. The number of amides is 1. The van der Waals surface area contributed by atoms with Crippen molar-refractivity contribution < 1.29 is 24.2 Å². The van der Waals surface area contributed by atoms with Crippen molar-refractivity contribution in [3.63, 3.8) is 0 Å². The molecule has 3 heterocycles. The first-order valence-corrected chi connectivity index (χ1v) is 15.8. The highest BCUT2D eigenvalue weighted by Crippen LogP contribution is 2.44. The molecule has 222 valence electrons. The number of methoxy groups -OCH3 is 1. The van der Waals surface area contributed by atoms with Crippen molar-refractivity contribution in [1.82, 2.24) is 9.88 Å². The van der Waals surface area contributed by atoms with Crippen LogP contribution in [0.2, 0.25) is 0 Å². The van der Waals surface area contributed by atoms with Gasteiger partial charge in [-0.15, -0.1) is 11.3 Å². The smallest absolute Gasteiger partial charge is 0.307 e. The van der Waals surface area contributed by atoms with Gasteiger partial charge in [-0.1, -0.05) is 17.7 Å². The number of ether oxygens (including phenoxy) is 2. The summed E-state index contributed by atoms with van der Waals surface area (Å²) in [6.45, 7) is 7.36. The average molecular weight is 590 g/mol. The van der Waals surface area contributed by atoms with Gasteiger partial charge in [-0.2, -0.15) is 0 Å². The number of carbonyl (C=O) groups is 2. The monoisotopic (exact) mass is 589 g/mol. The van der Waals surface area contributed by atoms with Gasteiger partial charge < -0.3 is 24.4 Å². The van der Waals surface area contributed by atoms with Crippen LogP contribution in [0, 0.1) is 31.6 Å². The molecule has 1 aliphatic carbocycles. The molecule has 8 nitrogen and oxygen atoms in total. The van der Waals surface area contributed by atoms with Gasteiger partial charge in [0.05, 0.1) is 17.7 Å². The zero-order chi connectivity index (χ0) is 29.4. The second-order valence-corrected chi connectivity index (χ2v) is 12.9. The number of benzene rings is 2. The molecule has 0 spiro atoms. The number of aryl methyl sites for hydroxylation is 2. The molecule has 4 atom stereocenters. The Morgan fingerprint density at radius 1 is 1.05 bits per heavy atom. The van der Waals surface area contributed by atoms with Crippen LogP contribution in [0.5, 0.6) is 5.75 Å². The maximum Gasteiger partial charge on any atom is 0.307 e. The number of carboxylic acids is 1. The van der Waals surface area contributed by atoms with Crippen molar-refractivity contribution in [3.8, 4) is 17.0 Å². The normalized spacial score (nSPS) is 23.7. The number of fused-ring (bicyclic) bond motifs is 2. The van der Waals surface area contributed by atoms with Crippen LogP contribution in [-0.2, 0) is 16.1 Å². The van der Waals surface area contributed by atoms with E-state index < -0.39 is 5.97 Å². The first-order chi connectivity index (χ1) is 20.3. The SMILES string of the molecule is COC1CCCN(C(=O)c2ccc(COc3ccc(C)cc3-c3csc(N4C[C@H]5CC[C@@H](C4)[C@H]5C(=O)O)n3)c(C)c2)C1. The molecule has 1 saturated carbocycles. The fourth-order valence-corrected chi connectivity index (χ4v) is 7.77. The van der Waals surface area contributed by atoms with E-state index in [0.29, 0.717) is 18.7 Å². The second-order valence-electron chi connectivity index (χ2n) is 12.1. The molecule has 42 heavy (non-hydrogen) atoms. The van der Waals surface area contributed by atoms with Gasteiger partial charge in [-0.25, -0.2) is 4.98 Å². The lowest BCUT2D eigenvalue weighted by Gasteiger charge is -2.35. The van der Waals surface area contributed by atoms with Crippen molar-refractivity contribution in [2.45, 2.75) is 52.2 Å². The molecular weight excluding hydrogens is 550 g/mol. The van der Waals surface area contributed by atoms with Crippen molar-refractivity contribution in [3.05, 3.63) is 64.0 Å². The van der Waals surface area contributed by atoms with Gasteiger partial charge in [-0.3, -0.25) is 9.59 Å². The largest absolute Gasteiger partial charge is 0.488 e. The van der Waals surface area contributed by atoms with E-state index in [-0.39, 0.29) is 29.8 Å². The Morgan fingerprint density at radius 2 is 1.83 bits per heavy atom. The van der Waals surface area contributed by atoms with Crippen molar-refractivity contribution in [1.29, 1.82) is 0 Å². The summed E-state index contributed by atoms with van der Waals surface area (Å²) < 4.78 is 11.9. The Morgan fingerprint density at radius 3 is 2.55 bits per heavy atom. The van der Waals surface area contributed by atoms with Crippen LogP contribution in [0.25, 0.3) is 11.3 Å². The van der Waals surface area contributed by atoms with E-state index in [9.17, 15) is 14.7 Å².